The van der Waals surface area contributed by atoms with Crippen LogP contribution in [-0.4, -0.2) is 17.9 Å². The van der Waals surface area contributed by atoms with E-state index in [0.717, 1.165) is 6.54 Å². The first-order chi connectivity index (χ1) is 5.63. The Morgan fingerprint density at radius 1 is 1.08 bits per heavy atom. The lowest BCUT2D eigenvalue weighted by molar-refractivity contribution is -0.126. The molecule has 0 unspecified atom stereocenters. The Hall–Kier alpha value is -0.370. The number of ketones is 1. The lowest BCUT2D eigenvalue weighted by Gasteiger charge is -2.22. The summed E-state index contributed by atoms with van der Waals surface area (Å²) in [6.07, 6.45) is 0.626. The SMILES string of the molecule is CC(C)(C)NCCC(=O)C(C)(C)C. The van der Waals surface area contributed by atoms with E-state index in [4.69, 9.17) is 0 Å². The number of carbonyl (C=O) groups excluding carboxylic acids is 1. The summed E-state index contributed by atoms with van der Waals surface area (Å²) in [6, 6.07) is 0. The largest absolute Gasteiger partial charge is 0.312 e. The average Bonchev–Trinajstić information content (AvgIpc) is 1.82. The van der Waals surface area contributed by atoms with E-state index in [1.807, 2.05) is 20.8 Å². The van der Waals surface area contributed by atoms with E-state index in [9.17, 15) is 4.79 Å². The summed E-state index contributed by atoms with van der Waals surface area (Å²) in [7, 11) is 0. The van der Waals surface area contributed by atoms with E-state index < -0.39 is 0 Å². The molecule has 0 saturated carbocycles. The third-order valence-electron chi connectivity index (χ3n) is 1.84. The minimum absolute atomic E-state index is 0.109. The average molecular weight is 185 g/mol. The predicted molar refractivity (Wildman–Crippen MR) is 56.8 cm³/mol. The Kier molecular flexibility index (Phi) is 4.11. The monoisotopic (exact) mass is 185 g/mol. The first-order valence-electron chi connectivity index (χ1n) is 4.91. The Morgan fingerprint density at radius 3 is 1.85 bits per heavy atom. The fourth-order valence-electron chi connectivity index (χ4n) is 0.926. The van der Waals surface area contributed by atoms with Gasteiger partial charge in [0.05, 0.1) is 0 Å². The van der Waals surface area contributed by atoms with Gasteiger partial charge < -0.3 is 5.32 Å². The van der Waals surface area contributed by atoms with Crippen LogP contribution >= 0.6 is 0 Å². The third kappa shape index (κ3) is 6.76. The highest BCUT2D eigenvalue weighted by Crippen LogP contribution is 2.16. The van der Waals surface area contributed by atoms with Crippen LogP contribution in [0.15, 0.2) is 0 Å². The molecule has 0 radical (unpaired) electrons. The van der Waals surface area contributed by atoms with Gasteiger partial charge in [0, 0.05) is 23.9 Å². The molecule has 13 heavy (non-hydrogen) atoms. The number of hydrogen-bond donors (Lipinski definition) is 1. The molecule has 0 heterocycles. The molecule has 0 amide bonds. The minimum Gasteiger partial charge on any atom is -0.312 e. The van der Waals surface area contributed by atoms with Crippen LogP contribution in [0.3, 0.4) is 0 Å². The smallest absolute Gasteiger partial charge is 0.139 e. The summed E-state index contributed by atoms with van der Waals surface area (Å²) < 4.78 is 0. The highest BCUT2D eigenvalue weighted by atomic mass is 16.1. The fourth-order valence-corrected chi connectivity index (χ4v) is 0.926. The fraction of sp³-hybridized carbons (Fsp3) is 0.909. The van der Waals surface area contributed by atoms with Crippen molar-refractivity contribution in [1.82, 2.24) is 5.32 Å². The van der Waals surface area contributed by atoms with Gasteiger partial charge in [-0.1, -0.05) is 20.8 Å². The van der Waals surface area contributed by atoms with E-state index in [-0.39, 0.29) is 11.0 Å². The first-order valence-corrected chi connectivity index (χ1v) is 4.91. The second kappa shape index (κ2) is 4.23. The highest BCUT2D eigenvalue weighted by molar-refractivity contribution is 5.83. The second-order valence-corrected chi connectivity index (χ2v) is 5.60. The van der Waals surface area contributed by atoms with Crippen molar-refractivity contribution in [3.63, 3.8) is 0 Å². The van der Waals surface area contributed by atoms with Gasteiger partial charge in [0.15, 0.2) is 0 Å². The zero-order valence-corrected chi connectivity index (χ0v) is 9.82. The maximum absolute atomic E-state index is 11.5. The predicted octanol–water partition coefficient (Wildman–Crippen LogP) is 2.38. The van der Waals surface area contributed by atoms with Gasteiger partial charge in [0.1, 0.15) is 5.78 Å². The lowest BCUT2D eigenvalue weighted by Crippen LogP contribution is -2.38. The van der Waals surface area contributed by atoms with Crippen LogP contribution in [0.1, 0.15) is 48.0 Å². The topological polar surface area (TPSA) is 29.1 Å². The van der Waals surface area contributed by atoms with Crippen molar-refractivity contribution in [3.05, 3.63) is 0 Å². The van der Waals surface area contributed by atoms with Gasteiger partial charge in [-0.2, -0.15) is 0 Å². The van der Waals surface area contributed by atoms with E-state index in [1.54, 1.807) is 0 Å². The maximum atomic E-state index is 11.5. The van der Waals surface area contributed by atoms with E-state index in [2.05, 4.69) is 26.1 Å². The molecule has 2 heteroatoms. The molecule has 2 nitrogen and oxygen atoms in total. The number of nitrogens with one attached hydrogen (secondary N) is 1. The van der Waals surface area contributed by atoms with E-state index in [0.29, 0.717) is 12.2 Å². The third-order valence-corrected chi connectivity index (χ3v) is 1.84. The van der Waals surface area contributed by atoms with Crippen molar-refractivity contribution in [1.29, 1.82) is 0 Å². The quantitative estimate of drug-likeness (QED) is 0.731. The molecular weight excluding hydrogens is 162 g/mol. The van der Waals surface area contributed by atoms with Gasteiger partial charge in [-0.25, -0.2) is 0 Å². The number of rotatable bonds is 3. The molecule has 0 spiro atoms. The number of carbonyl (C=O) groups is 1. The Bertz CT molecular complexity index is 172. The first kappa shape index (κ1) is 12.6. The molecule has 0 saturated heterocycles. The van der Waals surface area contributed by atoms with Crippen molar-refractivity contribution in [2.75, 3.05) is 6.54 Å². The van der Waals surface area contributed by atoms with Gasteiger partial charge in [-0.3, -0.25) is 4.79 Å². The van der Waals surface area contributed by atoms with Gasteiger partial charge in [-0.05, 0) is 20.8 Å². The molecule has 0 aliphatic rings. The van der Waals surface area contributed by atoms with Crippen LogP contribution in [0.2, 0.25) is 0 Å². The normalized spacial score (nSPS) is 13.1. The molecule has 0 atom stereocenters. The minimum atomic E-state index is -0.195. The maximum Gasteiger partial charge on any atom is 0.139 e. The van der Waals surface area contributed by atoms with Gasteiger partial charge in [0.2, 0.25) is 0 Å². The molecule has 0 bridgehead atoms. The molecule has 0 fully saturated rings. The molecular formula is C11H23NO. The van der Waals surface area contributed by atoms with E-state index in [1.165, 1.54) is 0 Å². The van der Waals surface area contributed by atoms with Crippen molar-refractivity contribution in [2.24, 2.45) is 5.41 Å². The van der Waals surface area contributed by atoms with Crippen LogP contribution in [-0.2, 0) is 4.79 Å². The highest BCUT2D eigenvalue weighted by Gasteiger charge is 2.20. The van der Waals surface area contributed by atoms with Gasteiger partial charge >= 0.3 is 0 Å². The molecule has 0 aromatic rings. The zero-order valence-electron chi connectivity index (χ0n) is 9.82. The Labute approximate surface area is 82.1 Å². The number of Topliss-reactive ketones (excluding diaryl/α,β-unsaturated/α-hetero) is 1. The zero-order chi connectivity index (χ0) is 10.7. The summed E-state index contributed by atoms with van der Waals surface area (Å²) in [4.78, 5) is 11.5. The number of hydrogen-bond acceptors (Lipinski definition) is 2. The van der Waals surface area contributed by atoms with Crippen LogP contribution < -0.4 is 5.32 Å². The molecule has 0 aliphatic heterocycles. The van der Waals surface area contributed by atoms with Crippen LogP contribution in [0.4, 0.5) is 0 Å². The van der Waals surface area contributed by atoms with Crippen molar-refractivity contribution in [2.45, 2.75) is 53.5 Å². The molecule has 0 aromatic carbocycles. The standard InChI is InChI=1S/C11H23NO/c1-10(2,3)9(13)7-8-12-11(4,5)6/h12H,7-8H2,1-6H3. The van der Waals surface area contributed by atoms with Crippen LogP contribution in [0.5, 0.6) is 0 Å². The summed E-state index contributed by atoms with van der Waals surface area (Å²) in [5, 5.41) is 3.30. The van der Waals surface area contributed by atoms with Gasteiger partial charge in [0.25, 0.3) is 0 Å². The van der Waals surface area contributed by atoms with Gasteiger partial charge in [-0.15, -0.1) is 0 Å². The summed E-state index contributed by atoms with van der Waals surface area (Å²) >= 11 is 0. The molecule has 1 N–H and O–H groups in total. The van der Waals surface area contributed by atoms with Crippen molar-refractivity contribution >= 4 is 5.78 Å². The Balaban J connectivity index is 3.74. The van der Waals surface area contributed by atoms with Crippen molar-refractivity contribution < 1.29 is 4.79 Å². The summed E-state index contributed by atoms with van der Waals surface area (Å²) in [5.41, 5.74) is -0.0856. The summed E-state index contributed by atoms with van der Waals surface area (Å²) in [5.74, 6) is 0.323. The van der Waals surface area contributed by atoms with Crippen molar-refractivity contribution in [3.8, 4) is 0 Å². The lowest BCUT2D eigenvalue weighted by atomic mass is 9.89. The molecule has 0 rings (SSSR count). The molecule has 0 aromatic heterocycles. The summed E-state index contributed by atoms with van der Waals surface area (Å²) in [6.45, 7) is 13.0. The Morgan fingerprint density at radius 2 is 1.54 bits per heavy atom. The molecule has 78 valence electrons. The van der Waals surface area contributed by atoms with E-state index >= 15 is 0 Å². The van der Waals surface area contributed by atoms with Crippen LogP contribution in [0, 0.1) is 5.41 Å². The second-order valence-electron chi connectivity index (χ2n) is 5.60. The molecule has 0 aliphatic carbocycles. The van der Waals surface area contributed by atoms with Crippen LogP contribution in [0.25, 0.3) is 0 Å².